The molecule has 19 heavy (non-hydrogen) atoms. The van der Waals surface area contributed by atoms with Crippen LogP contribution in [0.3, 0.4) is 0 Å². The normalized spacial score (nSPS) is 14.2. The smallest absolute Gasteiger partial charge is 0.216 e. The molecule has 1 aliphatic rings. The number of nitrogens with two attached hydrogens (primary N) is 1. The summed E-state index contributed by atoms with van der Waals surface area (Å²) >= 11 is 1.77. The lowest BCUT2D eigenvalue weighted by atomic mass is 10.1. The molecule has 2 heterocycles. The van der Waals surface area contributed by atoms with E-state index in [1.54, 1.807) is 11.3 Å². The Hall–Kier alpha value is -1.88. The van der Waals surface area contributed by atoms with E-state index in [4.69, 9.17) is 5.73 Å². The highest BCUT2D eigenvalue weighted by molar-refractivity contribution is 7.17. The number of aryl methyl sites for hydroxylation is 3. The van der Waals surface area contributed by atoms with Gasteiger partial charge in [0.2, 0.25) is 4.96 Å². The van der Waals surface area contributed by atoms with E-state index in [0.29, 0.717) is 0 Å². The third-order valence-electron chi connectivity index (χ3n) is 3.76. The first-order chi connectivity index (χ1) is 9.24. The van der Waals surface area contributed by atoms with Gasteiger partial charge in [0.25, 0.3) is 0 Å². The van der Waals surface area contributed by atoms with Gasteiger partial charge in [-0.1, -0.05) is 17.4 Å². The molecule has 3 aromatic rings. The van der Waals surface area contributed by atoms with Crippen molar-refractivity contribution < 1.29 is 0 Å². The van der Waals surface area contributed by atoms with Crippen molar-refractivity contribution in [2.45, 2.75) is 26.2 Å². The van der Waals surface area contributed by atoms with E-state index in [0.717, 1.165) is 28.5 Å². The number of anilines is 1. The molecule has 0 aliphatic heterocycles. The number of hydrogen-bond acceptors (Lipinski definition) is 4. The van der Waals surface area contributed by atoms with Crippen LogP contribution in [-0.4, -0.2) is 14.6 Å². The zero-order valence-corrected chi connectivity index (χ0v) is 11.5. The second-order valence-corrected chi connectivity index (χ2v) is 6.10. The summed E-state index contributed by atoms with van der Waals surface area (Å²) in [6.07, 6.45) is 3.55. The van der Waals surface area contributed by atoms with E-state index in [1.165, 1.54) is 29.0 Å². The first-order valence-electron chi connectivity index (χ1n) is 6.46. The maximum atomic E-state index is 5.91. The minimum Gasteiger partial charge on any atom is -0.399 e. The summed E-state index contributed by atoms with van der Waals surface area (Å²) in [6, 6.07) is 5.96. The third-order valence-corrected chi connectivity index (χ3v) is 4.89. The summed E-state index contributed by atoms with van der Waals surface area (Å²) < 4.78 is 2.22. The van der Waals surface area contributed by atoms with E-state index in [2.05, 4.69) is 21.5 Å². The van der Waals surface area contributed by atoms with E-state index in [1.807, 2.05) is 18.2 Å². The average Bonchev–Trinajstić information content (AvgIpc) is 3.03. The van der Waals surface area contributed by atoms with Crippen molar-refractivity contribution in [3.63, 3.8) is 0 Å². The van der Waals surface area contributed by atoms with Crippen molar-refractivity contribution in [3.8, 4) is 11.4 Å². The summed E-state index contributed by atoms with van der Waals surface area (Å²) in [5, 5.41) is 8.69. The molecule has 0 unspecified atom stereocenters. The lowest BCUT2D eigenvalue weighted by molar-refractivity contribution is 0.888. The fraction of sp³-hybridized carbons (Fsp3) is 0.286. The predicted molar refractivity (Wildman–Crippen MR) is 77.5 cm³/mol. The highest BCUT2D eigenvalue weighted by Gasteiger charge is 2.22. The number of aromatic nitrogens is 3. The van der Waals surface area contributed by atoms with Gasteiger partial charge in [0.1, 0.15) is 0 Å². The SMILES string of the molecule is Cc1ccc(N)cc1-c1nnc2sc3c(n12)CCC3. The highest BCUT2D eigenvalue weighted by Crippen LogP contribution is 2.34. The molecular weight excluding hydrogens is 256 g/mol. The van der Waals surface area contributed by atoms with Crippen molar-refractivity contribution >= 4 is 22.0 Å². The molecule has 0 amide bonds. The number of fused-ring (bicyclic) bond motifs is 3. The maximum absolute atomic E-state index is 5.91. The van der Waals surface area contributed by atoms with E-state index in [9.17, 15) is 0 Å². The number of rotatable bonds is 1. The summed E-state index contributed by atoms with van der Waals surface area (Å²) in [5.74, 6) is 0.930. The van der Waals surface area contributed by atoms with Crippen LogP contribution in [0.4, 0.5) is 5.69 Å². The largest absolute Gasteiger partial charge is 0.399 e. The van der Waals surface area contributed by atoms with Gasteiger partial charge in [0.05, 0.1) is 0 Å². The quantitative estimate of drug-likeness (QED) is 0.692. The fourth-order valence-corrected chi connectivity index (χ4v) is 3.94. The predicted octanol–water partition coefficient (Wildman–Crippen LogP) is 2.84. The fourth-order valence-electron chi connectivity index (χ4n) is 2.79. The Balaban J connectivity index is 2.03. The molecule has 2 N–H and O–H groups in total. The zero-order valence-electron chi connectivity index (χ0n) is 10.7. The van der Waals surface area contributed by atoms with Crippen LogP contribution in [0.1, 0.15) is 22.6 Å². The molecule has 0 spiro atoms. The Labute approximate surface area is 114 Å². The minimum atomic E-state index is 0.768. The van der Waals surface area contributed by atoms with Crippen LogP contribution in [0.25, 0.3) is 16.3 Å². The third kappa shape index (κ3) is 1.51. The first-order valence-corrected chi connectivity index (χ1v) is 7.28. The molecule has 0 saturated heterocycles. The number of nitrogens with zero attached hydrogens (tertiary/aromatic N) is 3. The van der Waals surface area contributed by atoms with Crippen molar-refractivity contribution in [2.24, 2.45) is 0 Å². The summed E-state index contributed by atoms with van der Waals surface area (Å²) in [7, 11) is 0. The topological polar surface area (TPSA) is 56.2 Å². The van der Waals surface area contributed by atoms with Crippen molar-refractivity contribution in [1.82, 2.24) is 14.6 Å². The molecule has 0 atom stereocenters. The molecule has 96 valence electrons. The van der Waals surface area contributed by atoms with E-state index >= 15 is 0 Å². The van der Waals surface area contributed by atoms with Gasteiger partial charge in [0.15, 0.2) is 5.82 Å². The lowest BCUT2D eigenvalue weighted by Gasteiger charge is -2.05. The van der Waals surface area contributed by atoms with Crippen molar-refractivity contribution in [3.05, 3.63) is 34.3 Å². The molecule has 0 radical (unpaired) electrons. The molecule has 0 saturated carbocycles. The molecule has 1 aliphatic carbocycles. The van der Waals surface area contributed by atoms with Crippen LogP contribution in [-0.2, 0) is 12.8 Å². The number of thiazole rings is 1. The van der Waals surface area contributed by atoms with Crippen molar-refractivity contribution in [1.29, 1.82) is 0 Å². The van der Waals surface area contributed by atoms with Gasteiger partial charge in [-0.05, 0) is 43.9 Å². The Kier molecular flexibility index (Phi) is 2.20. The van der Waals surface area contributed by atoms with E-state index in [-0.39, 0.29) is 0 Å². The molecule has 2 aromatic heterocycles. The van der Waals surface area contributed by atoms with Crippen LogP contribution < -0.4 is 5.73 Å². The molecular formula is C14H14N4S. The minimum absolute atomic E-state index is 0.768. The zero-order chi connectivity index (χ0) is 13.0. The molecule has 5 heteroatoms. The Morgan fingerprint density at radius 1 is 1.26 bits per heavy atom. The molecule has 1 aromatic carbocycles. The van der Waals surface area contributed by atoms with Gasteiger partial charge in [0, 0.05) is 21.8 Å². The lowest BCUT2D eigenvalue weighted by Crippen LogP contribution is -1.96. The second kappa shape index (κ2) is 3.81. The van der Waals surface area contributed by atoms with Gasteiger partial charge in [-0.25, -0.2) is 0 Å². The van der Waals surface area contributed by atoms with E-state index < -0.39 is 0 Å². The standard InChI is InChI=1S/C14H14N4S/c1-8-5-6-9(15)7-10(8)13-16-17-14-18(13)11-3-2-4-12(11)19-14/h5-7H,2-4,15H2,1H3. The number of nitrogen functional groups attached to an aromatic ring is 1. The number of benzene rings is 1. The van der Waals surface area contributed by atoms with Crippen LogP contribution >= 0.6 is 11.3 Å². The van der Waals surface area contributed by atoms with Gasteiger partial charge in [-0.2, -0.15) is 0 Å². The van der Waals surface area contributed by atoms with Gasteiger partial charge >= 0.3 is 0 Å². The highest BCUT2D eigenvalue weighted by atomic mass is 32.1. The molecule has 4 rings (SSSR count). The Bertz CT molecular complexity index is 784. The monoisotopic (exact) mass is 270 g/mol. The molecule has 0 bridgehead atoms. The first kappa shape index (κ1) is 11.0. The Morgan fingerprint density at radius 2 is 2.16 bits per heavy atom. The van der Waals surface area contributed by atoms with Gasteiger partial charge < -0.3 is 5.73 Å². The maximum Gasteiger partial charge on any atom is 0.216 e. The second-order valence-electron chi connectivity index (χ2n) is 5.04. The van der Waals surface area contributed by atoms with Gasteiger partial charge in [-0.3, -0.25) is 4.40 Å². The summed E-state index contributed by atoms with van der Waals surface area (Å²) in [5.41, 5.74) is 10.3. The average molecular weight is 270 g/mol. The molecule has 4 nitrogen and oxygen atoms in total. The van der Waals surface area contributed by atoms with Crippen LogP contribution in [0.5, 0.6) is 0 Å². The van der Waals surface area contributed by atoms with Crippen LogP contribution in [0.2, 0.25) is 0 Å². The van der Waals surface area contributed by atoms with Crippen LogP contribution in [0.15, 0.2) is 18.2 Å². The van der Waals surface area contributed by atoms with Crippen LogP contribution in [0, 0.1) is 6.92 Å². The molecule has 0 fully saturated rings. The van der Waals surface area contributed by atoms with Crippen molar-refractivity contribution in [2.75, 3.05) is 5.73 Å². The summed E-state index contributed by atoms with van der Waals surface area (Å²) in [6.45, 7) is 2.09. The Morgan fingerprint density at radius 3 is 3.05 bits per heavy atom. The van der Waals surface area contributed by atoms with Gasteiger partial charge in [-0.15, -0.1) is 10.2 Å². The summed E-state index contributed by atoms with van der Waals surface area (Å²) in [4.78, 5) is 2.47. The number of hydrogen-bond donors (Lipinski definition) is 1.